The molecule has 11 heteroatoms. The summed E-state index contributed by atoms with van der Waals surface area (Å²) in [6, 6.07) is 7.27. The van der Waals surface area contributed by atoms with E-state index in [1.54, 1.807) is 13.0 Å². The lowest BCUT2D eigenvalue weighted by atomic mass is 10.1. The van der Waals surface area contributed by atoms with Gasteiger partial charge in [-0.15, -0.1) is 0 Å². The Morgan fingerprint density at radius 1 is 1.19 bits per heavy atom. The molecule has 1 aliphatic heterocycles. The molecule has 0 saturated heterocycles. The zero-order chi connectivity index (χ0) is 22.3. The molecule has 1 aromatic heterocycles. The van der Waals surface area contributed by atoms with Crippen molar-refractivity contribution >= 4 is 39.3 Å². The zero-order valence-electron chi connectivity index (χ0n) is 17.4. The van der Waals surface area contributed by atoms with Crippen molar-refractivity contribution < 1.29 is 18.0 Å². The van der Waals surface area contributed by atoms with E-state index in [1.807, 2.05) is 0 Å². The van der Waals surface area contributed by atoms with E-state index in [2.05, 4.69) is 20.4 Å². The maximum atomic E-state index is 12.7. The highest BCUT2D eigenvalue weighted by Crippen LogP contribution is 2.27. The molecule has 2 heterocycles. The van der Waals surface area contributed by atoms with E-state index in [1.165, 1.54) is 43.0 Å². The van der Waals surface area contributed by atoms with Gasteiger partial charge in [-0.3, -0.25) is 9.59 Å². The largest absolute Gasteiger partial charge is 0.306 e. The first kappa shape index (κ1) is 21.1. The Bertz CT molecular complexity index is 1220. The van der Waals surface area contributed by atoms with Gasteiger partial charge in [0.2, 0.25) is 10.0 Å². The highest BCUT2D eigenvalue weighted by Gasteiger charge is 2.33. The number of nitrogens with one attached hydrogen (secondary N) is 1. The van der Waals surface area contributed by atoms with Gasteiger partial charge in [-0.2, -0.15) is 14.8 Å². The highest BCUT2D eigenvalue weighted by molar-refractivity contribution is 7.89. The van der Waals surface area contributed by atoms with Crippen molar-refractivity contribution in [3.63, 3.8) is 0 Å². The predicted molar refractivity (Wildman–Crippen MR) is 115 cm³/mol. The number of aliphatic imine (C=N–C) groups is 2. The molecule has 0 radical (unpaired) electrons. The summed E-state index contributed by atoms with van der Waals surface area (Å²) in [6.45, 7) is 1.75. The number of carbonyl (C=O) groups excluding carboxylic acids is 2. The standard InChI is InChI=1S/C20H22N6O4S/c1-12-11-17(26(24-12)20-21-16-6-4-5-15(16)19(28)23-20)22-18(27)13-7-9-14(10-8-13)31(29,30)25(2)3/h7-11,15H,4-6H2,1-3H3,(H,22,27). The maximum absolute atomic E-state index is 12.7. The van der Waals surface area contributed by atoms with Gasteiger partial charge >= 0.3 is 0 Å². The molecule has 10 nitrogen and oxygen atoms in total. The summed E-state index contributed by atoms with van der Waals surface area (Å²) in [7, 11) is -0.704. The summed E-state index contributed by atoms with van der Waals surface area (Å²) in [5.74, 6) is -0.478. The molecular weight excluding hydrogens is 420 g/mol. The number of aryl methyl sites for hydroxylation is 1. The van der Waals surface area contributed by atoms with E-state index in [0.717, 1.165) is 29.3 Å². The van der Waals surface area contributed by atoms with Gasteiger partial charge < -0.3 is 5.32 Å². The van der Waals surface area contributed by atoms with Crippen molar-refractivity contribution in [2.45, 2.75) is 31.1 Å². The molecule has 2 aromatic rings. The molecule has 0 spiro atoms. The molecule has 1 saturated carbocycles. The first-order chi connectivity index (χ1) is 14.7. The third kappa shape index (κ3) is 3.93. The number of benzene rings is 1. The predicted octanol–water partition coefficient (Wildman–Crippen LogP) is 1.68. The lowest BCUT2D eigenvalue weighted by molar-refractivity contribution is -0.119. The number of hydrogen-bond acceptors (Lipinski definition) is 6. The molecule has 2 amide bonds. The van der Waals surface area contributed by atoms with Gasteiger partial charge in [-0.25, -0.2) is 17.7 Å². The SMILES string of the molecule is Cc1cc(NC(=O)c2ccc(S(=O)(=O)N(C)C)cc2)n(C2=NC(=O)C3CCCC3=N2)n1. The van der Waals surface area contributed by atoms with Gasteiger partial charge in [-0.1, -0.05) is 0 Å². The van der Waals surface area contributed by atoms with Crippen LogP contribution in [0.2, 0.25) is 0 Å². The third-order valence-corrected chi connectivity index (χ3v) is 7.07. The minimum absolute atomic E-state index is 0.0898. The summed E-state index contributed by atoms with van der Waals surface area (Å²) in [5.41, 5.74) is 1.69. The third-order valence-electron chi connectivity index (χ3n) is 5.24. The number of carbonyl (C=O) groups is 2. The van der Waals surface area contributed by atoms with E-state index in [9.17, 15) is 18.0 Å². The fourth-order valence-electron chi connectivity index (χ4n) is 3.57. The van der Waals surface area contributed by atoms with E-state index < -0.39 is 15.9 Å². The first-order valence-electron chi connectivity index (χ1n) is 9.78. The average Bonchev–Trinajstić information content (AvgIpc) is 3.34. The van der Waals surface area contributed by atoms with Crippen LogP contribution in [-0.2, 0) is 14.8 Å². The van der Waals surface area contributed by atoms with Crippen LogP contribution >= 0.6 is 0 Å². The number of sulfonamides is 1. The van der Waals surface area contributed by atoms with Crippen molar-refractivity contribution in [2.24, 2.45) is 15.9 Å². The minimum atomic E-state index is -3.58. The molecule has 1 fully saturated rings. The molecule has 4 rings (SSSR count). The summed E-state index contributed by atoms with van der Waals surface area (Å²) < 4.78 is 26.8. The van der Waals surface area contributed by atoms with Crippen LogP contribution in [0.15, 0.2) is 45.2 Å². The molecule has 1 unspecified atom stereocenters. The molecule has 1 atom stereocenters. The highest BCUT2D eigenvalue weighted by atomic mass is 32.2. The number of nitrogens with zero attached hydrogens (tertiary/aromatic N) is 5. The number of hydrogen-bond donors (Lipinski definition) is 1. The molecule has 162 valence electrons. The van der Waals surface area contributed by atoms with Crippen LogP contribution in [0.3, 0.4) is 0 Å². The summed E-state index contributed by atoms with van der Waals surface area (Å²) in [6.07, 6.45) is 2.41. The number of fused-ring (bicyclic) bond motifs is 1. The first-order valence-corrected chi connectivity index (χ1v) is 11.2. The fraction of sp³-hybridized carbons (Fsp3) is 0.350. The Hall–Kier alpha value is -3.18. The zero-order valence-corrected chi connectivity index (χ0v) is 18.2. The normalized spacial score (nSPS) is 18.6. The van der Waals surface area contributed by atoms with Crippen molar-refractivity contribution in [3.8, 4) is 0 Å². The van der Waals surface area contributed by atoms with Gasteiger partial charge in [0.05, 0.1) is 16.5 Å². The Morgan fingerprint density at radius 3 is 2.58 bits per heavy atom. The molecule has 1 aromatic carbocycles. The Kier molecular flexibility index (Phi) is 5.31. The van der Waals surface area contributed by atoms with Crippen molar-refractivity contribution in [3.05, 3.63) is 41.6 Å². The average molecular weight is 443 g/mol. The van der Waals surface area contributed by atoms with E-state index in [4.69, 9.17) is 0 Å². The summed E-state index contributed by atoms with van der Waals surface area (Å²) in [5, 5.41) is 7.06. The quantitative estimate of drug-likeness (QED) is 0.771. The Labute approximate surface area is 179 Å². The van der Waals surface area contributed by atoms with Crippen LogP contribution in [0.25, 0.3) is 0 Å². The summed E-state index contributed by atoms with van der Waals surface area (Å²) >= 11 is 0. The van der Waals surface area contributed by atoms with Gasteiger partial charge in [0, 0.05) is 31.4 Å². The number of amides is 2. The van der Waals surface area contributed by atoms with Crippen molar-refractivity contribution in [1.82, 2.24) is 14.1 Å². The minimum Gasteiger partial charge on any atom is -0.306 e. The van der Waals surface area contributed by atoms with Crippen molar-refractivity contribution in [2.75, 3.05) is 19.4 Å². The van der Waals surface area contributed by atoms with Crippen LogP contribution in [0.4, 0.5) is 5.82 Å². The van der Waals surface area contributed by atoms with Gasteiger partial charge in [0.15, 0.2) is 0 Å². The second-order valence-electron chi connectivity index (χ2n) is 7.65. The molecule has 2 aliphatic rings. The smallest absolute Gasteiger partial charge is 0.257 e. The topological polar surface area (TPSA) is 126 Å². The van der Waals surface area contributed by atoms with Gasteiger partial charge in [0.25, 0.3) is 17.8 Å². The monoisotopic (exact) mass is 442 g/mol. The van der Waals surface area contributed by atoms with E-state index in [0.29, 0.717) is 11.5 Å². The second kappa shape index (κ2) is 7.82. The second-order valence-corrected chi connectivity index (χ2v) is 9.80. The van der Waals surface area contributed by atoms with Crippen LogP contribution in [-0.4, -0.2) is 60.1 Å². The van der Waals surface area contributed by atoms with Crippen LogP contribution in [0.1, 0.15) is 35.3 Å². The van der Waals surface area contributed by atoms with E-state index in [-0.39, 0.29) is 28.2 Å². The lowest BCUT2D eigenvalue weighted by Crippen LogP contribution is -2.29. The molecule has 31 heavy (non-hydrogen) atoms. The molecule has 1 aliphatic carbocycles. The maximum Gasteiger partial charge on any atom is 0.257 e. The molecule has 1 N–H and O–H groups in total. The molecular formula is C20H22N6O4S. The van der Waals surface area contributed by atoms with Crippen LogP contribution in [0.5, 0.6) is 0 Å². The molecule has 0 bridgehead atoms. The fourth-order valence-corrected chi connectivity index (χ4v) is 4.47. The van der Waals surface area contributed by atoms with E-state index >= 15 is 0 Å². The number of anilines is 1. The lowest BCUT2D eigenvalue weighted by Gasteiger charge is -2.15. The Balaban J connectivity index is 1.59. The number of aromatic nitrogens is 2. The van der Waals surface area contributed by atoms with Crippen LogP contribution < -0.4 is 5.32 Å². The Morgan fingerprint density at radius 2 is 1.90 bits per heavy atom. The van der Waals surface area contributed by atoms with Gasteiger partial charge in [-0.05, 0) is 50.5 Å². The number of rotatable bonds is 4. The van der Waals surface area contributed by atoms with Crippen LogP contribution in [0, 0.1) is 12.8 Å². The van der Waals surface area contributed by atoms with Crippen molar-refractivity contribution in [1.29, 1.82) is 0 Å². The summed E-state index contributed by atoms with van der Waals surface area (Å²) in [4.78, 5) is 33.7. The van der Waals surface area contributed by atoms with Gasteiger partial charge in [0.1, 0.15) is 5.82 Å².